The van der Waals surface area contributed by atoms with E-state index in [-0.39, 0.29) is 18.3 Å². The number of carbonyl (C=O) groups is 1. The van der Waals surface area contributed by atoms with Crippen molar-refractivity contribution in [1.82, 2.24) is 10.2 Å². The summed E-state index contributed by atoms with van der Waals surface area (Å²) in [5, 5.41) is 3.35. The van der Waals surface area contributed by atoms with Crippen LogP contribution in [0.25, 0.3) is 0 Å². The fraction of sp³-hybridized carbons (Fsp3) is 0.500. The van der Waals surface area contributed by atoms with Crippen LogP contribution in [0.2, 0.25) is 0 Å². The first-order valence-electron chi connectivity index (χ1n) is 6.18. The maximum Gasteiger partial charge on any atom is 0.254 e. The first kappa shape index (κ1) is 15.0. The molecule has 1 atom stereocenters. The lowest BCUT2D eigenvalue weighted by Crippen LogP contribution is -2.51. The molecule has 1 saturated heterocycles. The van der Waals surface area contributed by atoms with Crippen molar-refractivity contribution in [2.75, 3.05) is 19.6 Å². The van der Waals surface area contributed by atoms with E-state index in [1.807, 2.05) is 36.9 Å². The largest absolute Gasteiger partial charge is 0.336 e. The second kappa shape index (κ2) is 6.21. The minimum Gasteiger partial charge on any atom is -0.336 e. The van der Waals surface area contributed by atoms with Crippen LogP contribution in [0.15, 0.2) is 18.2 Å². The number of piperazine rings is 1. The molecule has 1 aliphatic rings. The Kier molecular flexibility index (Phi) is 5.17. The van der Waals surface area contributed by atoms with Crippen LogP contribution in [0, 0.1) is 13.8 Å². The first-order chi connectivity index (χ1) is 8.09. The number of benzene rings is 1. The molecule has 0 saturated carbocycles. The Hall–Kier alpha value is -1.06. The summed E-state index contributed by atoms with van der Waals surface area (Å²) in [4.78, 5) is 14.4. The van der Waals surface area contributed by atoms with Crippen molar-refractivity contribution in [2.45, 2.75) is 26.8 Å². The van der Waals surface area contributed by atoms with Crippen molar-refractivity contribution < 1.29 is 4.79 Å². The lowest BCUT2D eigenvalue weighted by atomic mass is 10.0. The molecule has 3 nitrogen and oxygen atoms in total. The van der Waals surface area contributed by atoms with E-state index in [9.17, 15) is 4.79 Å². The second-order valence-electron chi connectivity index (χ2n) is 4.87. The minimum atomic E-state index is 0. The molecule has 0 aliphatic carbocycles. The van der Waals surface area contributed by atoms with E-state index in [0.717, 1.165) is 36.3 Å². The first-order valence-corrected chi connectivity index (χ1v) is 6.18. The van der Waals surface area contributed by atoms with Crippen molar-refractivity contribution in [3.8, 4) is 0 Å². The molecule has 4 heteroatoms. The van der Waals surface area contributed by atoms with Gasteiger partial charge in [0.2, 0.25) is 0 Å². The Balaban J connectivity index is 0.00000162. The molecule has 0 radical (unpaired) electrons. The predicted octanol–water partition coefficient (Wildman–Crippen LogP) is 2.16. The van der Waals surface area contributed by atoms with Gasteiger partial charge in [0.15, 0.2) is 0 Å². The summed E-state index contributed by atoms with van der Waals surface area (Å²) in [6.07, 6.45) is 0. The van der Waals surface area contributed by atoms with Crippen molar-refractivity contribution in [3.63, 3.8) is 0 Å². The van der Waals surface area contributed by atoms with Gasteiger partial charge >= 0.3 is 0 Å². The molecule has 0 spiro atoms. The van der Waals surface area contributed by atoms with Crippen molar-refractivity contribution in [3.05, 3.63) is 34.9 Å². The molecule has 0 bridgehead atoms. The molecule has 0 aromatic heterocycles. The number of nitrogens with one attached hydrogen (secondary N) is 1. The average molecular weight is 269 g/mol. The van der Waals surface area contributed by atoms with Gasteiger partial charge in [-0.25, -0.2) is 0 Å². The van der Waals surface area contributed by atoms with Crippen LogP contribution in [-0.2, 0) is 0 Å². The summed E-state index contributed by atoms with van der Waals surface area (Å²) in [5.74, 6) is 0.175. The van der Waals surface area contributed by atoms with Gasteiger partial charge < -0.3 is 10.2 Å². The molecular formula is C14H21ClN2O. The van der Waals surface area contributed by atoms with E-state index in [0.29, 0.717) is 6.04 Å². The summed E-state index contributed by atoms with van der Waals surface area (Å²) < 4.78 is 0. The molecule has 1 amide bonds. The van der Waals surface area contributed by atoms with Gasteiger partial charge in [-0.3, -0.25) is 4.79 Å². The highest BCUT2D eigenvalue weighted by Gasteiger charge is 2.23. The highest BCUT2D eigenvalue weighted by molar-refractivity contribution is 5.97. The van der Waals surface area contributed by atoms with Crippen LogP contribution in [-0.4, -0.2) is 36.5 Å². The normalized spacial score (nSPS) is 19.3. The van der Waals surface area contributed by atoms with E-state index in [4.69, 9.17) is 0 Å². The van der Waals surface area contributed by atoms with Crippen LogP contribution in [0.5, 0.6) is 0 Å². The van der Waals surface area contributed by atoms with E-state index in [1.165, 1.54) is 0 Å². The van der Waals surface area contributed by atoms with Crippen molar-refractivity contribution in [2.24, 2.45) is 0 Å². The van der Waals surface area contributed by atoms with Crippen LogP contribution < -0.4 is 5.32 Å². The summed E-state index contributed by atoms with van der Waals surface area (Å²) in [6.45, 7) is 8.61. The molecule has 100 valence electrons. The van der Waals surface area contributed by atoms with E-state index in [2.05, 4.69) is 12.2 Å². The maximum atomic E-state index is 12.5. The Bertz CT molecular complexity index is 414. The van der Waals surface area contributed by atoms with Crippen LogP contribution in [0.4, 0.5) is 0 Å². The summed E-state index contributed by atoms with van der Waals surface area (Å²) >= 11 is 0. The maximum absolute atomic E-state index is 12.5. The van der Waals surface area contributed by atoms with Gasteiger partial charge in [-0.15, -0.1) is 12.4 Å². The standard InChI is InChI=1S/C14H20N2O.ClH/c1-10-5-4-6-11(2)13(10)14(17)16-8-7-15-12(3)9-16;/h4-6,12,15H,7-9H2,1-3H3;1H/t12-;/m1./s1. The Labute approximate surface area is 115 Å². The third kappa shape index (κ3) is 3.03. The van der Waals surface area contributed by atoms with Gasteiger partial charge in [-0.1, -0.05) is 18.2 Å². The molecule has 0 unspecified atom stereocenters. The Morgan fingerprint density at radius 1 is 1.33 bits per heavy atom. The molecule has 2 rings (SSSR count). The van der Waals surface area contributed by atoms with Gasteiger partial charge in [0, 0.05) is 31.2 Å². The Morgan fingerprint density at radius 3 is 2.50 bits per heavy atom. The molecule has 1 heterocycles. The zero-order valence-corrected chi connectivity index (χ0v) is 12.0. The van der Waals surface area contributed by atoms with Gasteiger partial charge in [0.25, 0.3) is 5.91 Å². The molecule has 1 N–H and O–H groups in total. The smallest absolute Gasteiger partial charge is 0.254 e. The Morgan fingerprint density at radius 2 is 1.94 bits per heavy atom. The second-order valence-corrected chi connectivity index (χ2v) is 4.87. The monoisotopic (exact) mass is 268 g/mol. The van der Waals surface area contributed by atoms with Gasteiger partial charge in [-0.2, -0.15) is 0 Å². The average Bonchev–Trinajstić information content (AvgIpc) is 2.28. The number of carbonyl (C=O) groups excluding carboxylic acids is 1. The van der Waals surface area contributed by atoms with Crippen molar-refractivity contribution in [1.29, 1.82) is 0 Å². The molecule has 1 aromatic rings. The van der Waals surface area contributed by atoms with Crippen LogP contribution in [0.3, 0.4) is 0 Å². The minimum absolute atomic E-state index is 0. The lowest BCUT2D eigenvalue weighted by Gasteiger charge is -2.32. The fourth-order valence-corrected chi connectivity index (χ4v) is 2.43. The molecule has 1 aliphatic heterocycles. The number of amides is 1. The number of hydrogen-bond donors (Lipinski definition) is 1. The van der Waals surface area contributed by atoms with E-state index in [1.54, 1.807) is 0 Å². The quantitative estimate of drug-likeness (QED) is 0.847. The third-order valence-electron chi connectivity index (χ3n) is 3.35. The molecule has 18 heavy (non-hydrogen) atoms. The van der Waals surface area contributed by atoms with Gasteiger partial charge in [0.05, 0.1) is 0 Å². The number of rotatable bonds is 1. The number of halogens is 1. The van der Waals surface area contributed by atoms with E-state index >= 15 is 0 Å². The summed E-state index contributed by atoms with van der Waals surface area (Å²) in [7, 11) is 0. The number of nitrogens with zero attached hydrogens (tertiary/aromatic N) is 1. The van der Waals surface area contributed by atoms with Crippen LogP contribution in [0.1, 0.15) is 28.4 Å². The molecule has 1 aromatic carbocycles. The molecular weight excluding hydrogens is 248 g/mol. The SMILES string of the molecule is Cc1cccc(C)c1C(=O)N1CCN[C@H](C)C1.Cl. The van der Waals surface area contributed by atoms with E-state index < -0.39 is 0 Å². The van der Waals surface area contributed by atoms with Crippen LogP contribution >= 0.6 is 12.4 Å². The third-order valence-corrected chi connectivity index (χ3v) is 3.35. The fourth-order valence-electron chi connectivity index (χ4n) is 2.43. The topological polar surface area (TPSA) is 32.3 Å². The molecule has 1 fully saturated rings. The number of aryl methyl sites for hydroxylation is 2. The van der Waals surface area contributed by atoms with Gasteiger partial charge in [-0.05, 0) is 31.9 Å². The number of hydrogen-bond acceptors (Lipinski definition) is 2. The van der Waals surface area contributed by atoms with Crippen molar-refractivity contribution >= 4 is 18.3 Å². The predicted molar refractivity (Wildman–Crippen MR) is 76.5 cm³/mol. The van der Waals surface area contributed by atoms with Gasteiger partial charge in [0.1, 0.15) is 0 Å². The lowest BCUT2D eigenvalue weighted by molar-refractivity contribution is 0.0707. The zero-order valence-electron chi connectivity index (χ0n) is 11.2. The highest BCUT2D eigenvalue weighted by Crippen LogP contribution is 2.16. The zero-order chi connectivity index (χ0) is 12.4. The summed E-state index contributed by atoms with van der Waals surface area (Å²) in [5.41, 5.74) is 3.02. The summed E-state index contributed by atoms with van der Waals surface area (Å²) in [6, 6.07) is 6.40. The highest BCUT2D eigenvalue weighted by atomic mass is 35.5.